The Morgan fingerprint density at radius 1 is 1.24 bits per heavy atom. The normalized spacial score (nSPS) is 14.3. The first-order valence-electron chi connectivity index (χ1n) is 8.23. The molecule has 3 rings (SSSR count). The van der Waals surface area contributed by atoms with Crippen LogP contribution in [0, 0.1) is 0 Å². The average Bonchev–Trinajstić information content (AvgIpc) is 3.43. The average molecular weight is 359 g/mol. The number of likely N-dealkylation sites (N-methyl/N-ethyl adjacent to an activating group) is 1. The van der Waals surface area contributed by atoms with Gasteiger partial charge in [0.05, 0.1) is 4.90 Å². The van der Waals surface area contributed by atoms with E-state index in [1.54, 1.807) is 30.3 Å². The van der Waals surface area contributed by atoms with Crippen molar-refractivity contribution in [1.29, 1.82) is 0 Å². The molecule has 1 saturated carbocycles. The molecule has 1 aliphatic rings. The Bertz CT molecular complexity index is 849. The maximum Gasteiger partial charge on any atom is 0.253 e. The second kappa shape index (κ2) is 7.33. The van der Waals surface area contributed by atoms with Crippen LogP contribution < -0.4 is 4.72 Å². The molecule has 1 aliphatic carbocycles. The third-order valence-corrected chi connectivity index (χ3v) is 5.58. The van der Waals surface area contributed by atoms with Gasteiger partial charge in [0.25, 0.3) is 5.91 Å². The number of carbonyl (C=O) groups excluding carboxylic acids is 1. The quantitative estimate of drug-likeness (QED) is 0.818. The predicted octanol–water partition coefficient (Wildman–Crippen LogP) is 1.84. The summed E-state index contributed by atoms with van der Waals surface area (Å²) < 4.78 is 27.2. The third-order valence-electron chi connectivity index (χ3n) is 4.07. The van der Waals surface area contributed by atoms with Crippen molar-refractivity contribution in [2.75, 3.05) is 13.6 Å². The van der Waals surface area contributed by atoms with E-state index in [4.69, 9.17) is 0 Å². The van der Waals surface area contributed by atoms with Crippen molar-refractivity contribution < 1.29 is 13.2 Å². The van der Waals surface area contributed by atoms with Gasteiger partial charge in [0.1, 0.15) is 0 Å². The van der Waals surface area contributed by atoms with Crippen LogP contribution in [0.25, 0.3) is 0 Å². The smallest absolute Gasteiger partial charge is 0.253 e. The van der Waals surface area contributed by atoms with Crippen LogP contribution in [0.2, 0.25) is 0 Å². The van der Waals surface area contributed by atoms with E-state index >= 15 is 0 Å². The van der Waals surface area contributed by atoms with Crippen molar-refractivity contribution >= 4 is 15.9 Å². The lowest BCUT2D eigenvalue weighted by Crippen LogP contribution is -2.30. The maximum atomic E-state index is 12.6. The topological polar surface area (TPSA) is 79.4 Å². The molecule has 7 heteroatoms. The summed E-state index contributed by atoms with van der Waals surface area (Å²) in [7, 11) is -1.86. The fraction of sp³-hybridized carbons (Fsp3) is 0.333. The second-order valence-corrected chi connectivity index (χ2v) is 7.94. The molecule has 1 amide bonds. The summed E-state index contributed by atoms with van der Waals surface area (Å²) in [6, 6.07) is 11.9. The molecule has 25 heavy (non-hydrogen) atoms. The number of pyridine rings is 1. The lowest BCUT2D eigenvalue weighted by atomic mass is 10.2. The predicted molar refractivity (Wildman–Crippen MR) is 94.7 cm³/mol. The van der Waals surface area contributed by atoms with Gasteiger partial charge in [-0.3, -0.25) is 9.78 Å². The molecule has 6 nitrogen and oxygen atoms in total. The molecule has 0 spiro atoms. The van der Waals surface area contributed by atoms with Crippen molar-refractivity contribution in [3.05, 3.63) is 59.9 Å². The number of benzene rings is 1. The fourth-order valence-corrected chi connectivity index (χ4v) is 3.79. The van der Waals surface area contributed by atoms with Gasteiger partial charge in [0, 0.05) is 43.5 Å². The number of hydrogen-bond donors (Lipinski definition) is 1. The highest BCUT2D eigenvalue weighted by molar-refractivity contribution is 7.89. The van der Waals surface area contributed by atoms with E-state index < -0.39 is 10.0 Å². The highest BCUT2D eigenvalue weighted by Crippen LogP contribution is 2.22. The van der Waals surface area contributed by atoms with Gasteiger partial charge in [0.15, 0.2) is 0 Å². The fourth-order valence-electron chi connectivity index (χ4n) is 2.44. The molecule has 0 bridgehead atoms. The van der Waals surface area contributed by atoms with Gasteiger partial charge >= 0.3 is 0 Å². The summed E-state index contributed by atoms with van der Waals surface area (Å²) in [5.41, 5.74) is 1.27. The zero-order valence-corrected chi connectivity index (χ0v) is 14.9. The number of amides is 1. The molecule has 1 N–H and O–H groups in total. The lowest BCUT2D eigenvalue weighted by Gasteiger charge is -2.17. The minimum Gasteiger partial charge on any atom is -0.341 e. The van der Waals surface area contributed by atoms with Crippen molar-refractivity contribution in [2.24, 2.45) is 0 Å². The first-order chi connectivity index (χ1) is 12.0. The summed E-state index contributed by atoms with van der Waals surface area (Å²) in [5.74, 6) is -0.209. The van der Waals surface area contributed by atoms with Gasteiger partial charge in [-0.25, -0.2) is 13.1 Å². The Morgan fingerprint density at radius 3 is 2.72 bits per heavy atom. The molecule has 0 unspecified atom stereocenters. The molecule has 1 aromatic heterocycles. The Kier molecular flexibility index (Phi) is 5.15. The molecular formula is C18H21N3O3S. The van der Waals surface area contributed by atoms with Crippen LogP contribution in [-0.4, -0.2) is 43.8 Å². The highest BCUT2D eigenvalue weighted by Gasteiger charge is 2.28. The zero-order valence-electron chi connectivity index (χ0n) is 14.1. The molecule has 1 aromatic carbocycles. The van der Waals surface area contributed by atoms with Gasteiger partial charge < -0.3 is 4.90 Å². The molecular weight excluding hydrogens is 338 g/mol. The molecule has 0 atom stereocenters. The lowest BCUT2D eigenvalue weighted by molar-refractivity contribution is 0.0796. The number of carbonyl (C=O) groups is 1. The Morgan fingerprint density at radius 2 is 2.04 bits per heavy atom. The molecule has 2 aromatic rings. The van der Waals surface area contributed by atoms with E-state index in [0.29, 0.717) is 18.5 Å². The van der Waals surface area contributed by atoms with E-state index in [2.05, 4.69) is 9.71 Å². The standard InChI is InChI=1S/C18H21N3O3S/c1-21(12-10-15-6-2-3-11-19-15)18(22)14-5-4-7-17(13-14)25(23,24)20-16-8-9-16/h2-7,11,13,16,20H,8-10,12H2,1H3. The SMILES string of the molecule is CN(CCc1ccccn1)C(=O)c1cccc(S(=O)(=O)NC2CC2)c1. The molecule has 1 heterocycles. The number of nitrogens with zero attached hydrogens (tertiary/aromatic N) is 2. The summed E-state index contributed by atoms with van der Waals surface area (Å²) in [6.45, 7) is 0.507. The van der Waals surface area contributed by atoms with Crippen molar-refractivity contribution in [3.8, 4) is 0 Å². The van der Waals surface area contributed by atoms with Gasteiger partial charge in [-0.2, -0.15) is 0 Å². The molecule has 0 radical (unpaired) electrons. The Labute approximate surface area is 147 Å². The summed E-state index contributed by atoms with van der Waals surface area (Å²) in [6.07, 6.45) is 4.10. The van der Waals surface area contributed by atoms with E-state index in [1.807, 2.05) is 18.2 Å². The van der Waals surface area contributed by atoms with E-state index in [-0.39, 0.29) is 16.8 Å². The number of hydrogen-bond acceptors (Lipinski definition) is 4. The Balaban J connectivity index is 1.68. The molecule has 0 aliphatic heterocycles. The van der Waals surface area contributed by atoms with E-state index in [1.165, 1.54) is 12.1 Å². The number of sulfonamides is 1. The minimum absolute atomic E-state index is 0.0328. The Hall–Kier alpha value is -2.25. The van der Waals surface area contributed by atoms with Crippen LogP contribution in [0.15, 0.2) is 53.6 Å². The van der Waals surface area contributed by atoms with Gasteiger partial charge in [0.2, 0.25) is 10.0 Å². The van der Waals surface area contributed by atoms with Crippen molar-refractivity contribution in [3.63, 3.8) is 0 Å². The van der Waals surface area contributed by atoms with Crippen molar-refractivity contribution in [1.82, 2.24) is 14.6 Å². The van der Waals surface area contributed by atoms with Gasteiger partial charge in [-0.15, -0.1) is 0 Å². The summed E-state index contributed by atoms with van der Waals surface area (Å²) in [5, 5.41) is 0. The maximum absolute atomic E-state index is 12.6. The first-order valence-corrected chi connectivity index (χ1v) is 9.72. The largest absolute Gasteiger partial charge is 0.341 e. The summed E-state index contributed by atoms with van der Waals surface area (Å²) >= 11 is 0. The van der Waals surface area contributed by atoms with Crippen LogP contribution in [0.4, 0.5) is 0 Å². The highest BCUT2D eigenvalue weighted by atomic mass is 32.2. The van der Waals surface area contributed by atoms with Gasteiger partial charge in [-0.05, 0) is 43.2 Å². The second-order valence-electron chi connectivity index (χ2n) is 6.22. The van der Waals surface area contributed by atoms with E-state index in [9.17, 15) is 13.2 Å². The monoisotopic (exact) mass is 359 g/mol. The molecule has 132 valence electrons. The third kappa shape index (κ3) is 4.64. The first kappa shape index (κ1) is 17.6. The van der Waals surface area contributed by atoms with E-state index in [0.717, 1.165) is 18.5 Å². The van der Waals surface area contributed by atoms with Crippen molar-refractivity contribution in [2.45, 2.75) is 30.2 Å². The van der Waals surface area contributed by atoms with Crippen LogP contribution in [0.1, 0.15) is 28.9 Å². The zero-order chi connectivity index (χ0) is 17.9. The van der Waals surface area contributed by atoms with Crippen LogP contribution >= 0.6 is 0 Å². The minimum atomic E-state index is -3.56. The van der Waals surface area contributed by atoms with Crippen LogP contribution in [-0.2, 0) is 16.4 Å². The molecule has 0 saturated heterocycles. The van der Waals surface area contributed by atoms with Crippen LogP contribution in [0.5, 0.6) is 0 Å². The summed E-state index contributed by atoms with van der Waals surface area (Å²) in [4.78, 5) is 18.5. The number of rotatable bonds is 7. The van der Waals surface area contributed by atoms with Gasteiger partial charge in [-0.1, -0.05) is 12.1 Å². The number of nitrogens with one attached hydrogen (secondary N) is 1. The molecule has 1 fully saturated rings. The van der Waals surface area contributed by atoms with Crippen LogP contribution in [0.3, 0.4) is 0 Å². The number of aromatic nitrogens is 1.